The van der Waals surface area contributed by atoms with Gasteiger partial charge in [0.05, 0.1) is 49.3 Å². The van der Waals surface area contributed by atoms with Gasteiger partial charge < -0.3 is 21.4 Å². The lowest BCUT2D eigenvalue weighted by Gasteiger charge is -2.26. The molecule has 0 aliphatic rings. The molecule has 0 saturated carbocycles. The van der Waals surface area contributed by atoms with Gasteiger partial charge in [0.1, 0.15) is 6.07 Å². The number of aromatic nitrogens is 2. The number of nitrogens with zero attached hydrogens (tertiary/aromatic N) is 4. The molecule has 6 N–H and O–H groups in total. The number of nitriles is 1. The SMILES string of the molecule is Cc1ncccc1[C@H](Nc1cc(Cl)c2ncc(C#N)c(Nc3ccc(Cl)c(Cl)c3F)c2c1)/C(N)=C/N(N)C(C)C. The number of nitrogens with two attached hydrogens (primary N) is 2. The van der Waals surface area contributed by atoms with Crippen molar-refractivity contribution in [1.29, 1.82) is 5.26 Å². The van der Waals surface area contributed by atoms with E-state index in [9.17, 15) is 9.65 Å². The Bertz CT molecular complexity index is 1650. The fourth-order valence-electron chi connectivity index (χ4n) is 4.02. The molecule has 8 nitrogen and oxygen atoms in total. The van der Waals surface area contributed by atoms with E-state index in [1.54, 1.807) is 24.5 Å². The second-order valence-corrected chi connectivity index (χ2v) is 10.5. The van der Waals surface area contributed by atoms with Crippen LogP contribution in [0.25, 0.3) is 10.9 Å². The molecule has 1 atom stereocenters. The van der Waals surface area contributed by atoms with Crippen LogP contribution >= 0.6 is 34.8 Å². The minimum absolute atomic E-state index is 0.00943. The Balaban J connectivity index is 1.86. The van der Waals surface area contributed by atoms with Gasteiger partial charge in [-0.3, -0.25) is 9.97 Å². The number of fused-ring (bicyclic) bond motifs is 1. The standard InChI is InChI=1S/C28H26Cl3FN8/c1-14(2)40(35)13-22(34)28(18-5-4-8-36-15(18)3)38-17-9-19-26(16(11-33)12-37-27(19)21(30)10-17)39-23-7-6-20(29)24(31)25(23)32/h4-10,12-14,28,38H,34-35H2,1-3H3,(H,37,39)/b22-13-/t28-/m0/s1. The van der Waals surface area contributed by atoms with Gasteiger partial charge in [-0.05, 0) is 51.1 Å². The zero-order valence-corrected chi connectivity index (χ0v) is 24.1. The highest BCUT2D eigenvalue weighted by atomic mass is 35.5. The maximum atomic E-state index is 14.9. The molecular formula is C28H26Cl3FN8. The van der Waals surface area contributed by atoms with Crippen molar-refractivity contribution in [1.82, 2.24) is 15.0 Å². The van der Waals surface area contributed by atoms with Gasteiger partial charge in [0.2, 0.25) is 0 Å². The second-order valence-electron chi connectivity index (χ2n) is 9.29. The van der Waals surface area contributed by atoms with Crippen LogP contribution in [-0.4, -0.2) is 21.0 Å². The van der Waals surface area contributed by atoms with E-state index in [1.807, 2.05) is 32.9 Å². The molecule has 2 aromatic heterocycles. The Kier molecular flexibility index (Phi) is 8.86. The third-order valence-electron chi connectivity index (χ3n) is 6.24. The van der Waals surface area contributed by atoms with Crippen molar-refractivity contribution in [3.63, 3.8) is 0 Å². The quantitative estimate of drug-likeness (QED) is 0.0951. The number of hydrogen-bond donors (Lipinski definition) is 4. The highest BCUT2D eigenvalue weighted by Gasteiger charge is 2.21. The maximum absolute atomic E-state index is 14.9. The summed E-state index contributed by atoms with van der Waals surface area (Å²) in [5.41, 5.74) is 10.0. The highest BCUT2D eigenvalue weighted by molar-refractivity contribution is 6.42. The fraction of sp³-hybridized carbons (Fsp3) is 0.179. The number of nitrogens with one attached hydrogen (secondary N) is 2. The zero-order valence-electron chi connectivity index (χ0n) is 21.8. The molecule has 0 aliphatic carbocycles. The third kappa shape index (κ3) is 6.01. The van der Waals surface area contributed by atoms with Crippen molar-refractivity contribution < 1.29 is 4.39 Å². The molecule has 4 rings (SSSR count). The summed E-state index contributed by atoms with van der Waals surface area (Å²) in [5.74, 6) is 5.38. The van der Waals surface area contributed by atoms with Crippen molar-refractivity contribution in [2.75, 3.05) is 10.6 Å². The molecule has 0 bridgehead atoms. The largest absolute Gasteiger partial charge is 0.399 e. The van der Waals surface area contributed by atoms with Crippen molar-refractivity contribution in [2.24, 2.45) is 11.6 Å². The Morgan fingerprint density at radius 1 is 1.15 bits per heavy atom. The van der Waals surface area contributed by atoms with E-state index >= 15 is 0 Å². The first kappa shape index (κ1) is 29.2. The monoisotopic (exact) mass is 598 g/mol. The first-order valence-electron chi connectivity index (χ1n) is 12.1. The summed E-state index contributed by atoms with van der Waals surface area (Å²) < 4.78 is 14.9. The zero-order chi connectivity index (χ0) is 29.1. The van der Waals surface area contributed by atoms with Crippen LogP contribution < -0.4 is 22.2 Å². The number of benzene rings is 2. The van der Waals surface area contributed by atoms with Crippen LogP contribution in [0.15, 0.2) is 60.7 Å². The first-order chi connectivity index (χ1) is 19.0. The van der Waals surface area contributed by atoms with Gasteiger partial charge in [0, 0.05) is 47.0 Å². The van der Waals surface area contributed by atoms with Gasteiger partial charge in [0.15, 0.2) is 5.82 Å². The van der Waals surface area contributed by atoms with Crippen LogP contribution in [0.5, 0.6) is 0 Å². The normalized spacial score (nSPS) is 12.3. The molecule has 0 fully saturated rings. The highest BCUT2D eigenvalue weighted by Crippen LogP contribution is 2.38. The average Bonchev–Trinajstić information content (AvgIpc) is 2.92. The molecule has 0 amide bonds. The van der Waals surface area contributed by atoms with E-state index in [1.165, 1.54) is 23.3 Å². The summed E-state index contributed by atoms with van der Waals surface area (Å²) in [6.07, 6.45) is 4.72. The van der Waals surface area contributed by atoms with E-state index in [0.29, 0.717) is 33.0 Å². The molecule has 12 heteroatoms. The number of hydrogen-bond acceptors (Lipinski definition) is 8. The van der Waals surface area contributed by atoms with E-state index in [-0.39, 0.29) is 27.3 Å². The maximum Gasteiger partial charge on any atom is 0.166 e. The van der Waals surface area contributed by atoms with Crippen molar-refractivity contribution >= 4 is 62.8 Å². The Labute approximate surface area is 246 Å². The predicted molar refractivity (Wildman–Crippen MR) is 160 cm³/mol. The van der Waals surface area contributed by atoms with Gasteiger partial charge in [0.25, 0.3) is 0 Å². The summed E-state index contributed by atoms with van der Waals surface area (Å²) in [7, 11) is 0. The molecule has 4 aromatic rings. The summed E-state index contributed by atoms with van der Waals surface area (Å²) in [5, 5.41) is 18.3. The van der Waals surface area contributed by atoms with Crippen LogP contribution in [0.4, 0.5) is 21.5 Å². The van der Waals surface area contributed by atoms with Crippen LogP contribution in [0.3, 0.4) is 0 Å². The molecule has 40 heavy (non-hydrogen) atoms. The number of anilines is 3. The van der Waals surface area contributed by atoms with Crippen molar-refractivity contribution in [3.05, 3.63) is 98.4 Å². The fourth-order valence-corrected chi connectivity index (χ4v) is 4.60. The van der Waals surface area contributed by atoms with Crippen molar-refractivity contribution in [3.8, 4) is 6.07 Å². The molecule has 2 aromatic carbocycles. The van der Waals surface area contributed by atoms with E-state index < -0.39 is 11.9 Å². The molecule has 206 valence electrons. The van der Waals surface area contributed by atoms with Gasteiger partial charge in [-0.1, -0.05) is 40.9 Å². The average molecular weight is 600 g/mol. The topological polar surface area (TPSA) is 129 Å². The number of hydrazine groups is 1. The van der Waals surface area contributed by atoms with E-state index in [0.717, 1.165) is 11.3 Å². The second kappa shape index (κ2) is 12.1. The molecule has 0 aliphatic heterocycles. The molecule has 0 spiro atoms. The minimum atomic E-state index is -0.759. The Morgan fingerprint density at radius 2 is 1.90 bits per heavy atom. The number of aryl methyl sites for hydroxylation is 1. The lowest BCUT2D eigenvalue weighted by molar-refractivity contribution is 0.319. The van der Waals surface area contributed by atoms with Gasteiger partial charge in [-0.15, -0.1) is 0 Å². The number of pyridine rings is 2. The van der Waals surface area contributed by atoms with E-state index in [4.69, 9.17) is 46.4 Å². The van der Waals surface area contributed by atoms with Crippen LogP contribution in [-0.2, 0) is 0 Å². The predicted octanol–water partition coefficient (Wildman–Crippen LogP) is 7.19. The lowest BCUT2D eigenvalue weighted by atomic mass is 10.0. The van der Waals surface area contributed by atoms with Crippen LogP contribution in [0.2, 0.25) is 15.1 Å². The van der Waals surface area contributed by atoms with Gasteiger partial charge in [-0.25, -0.2) is 10.2 Å². The van der Waals surface area contributed by atoms with Gasteiger partial charge >= 0.3 is 0 Å². The van der Waals surface area contributed by atoms with Gasteiger partial charge in [-0.2, -0.15) is 5.26 Å². The first-order valence-corrected chi connectivity index (χ1v) is 13.3. The number of rotatable bonds is 8. The van der Waals surface area contributed by atoms with Crippen LogP contribution in [0.1, 0.15) is 36.7 Å². The summed E-state index contributed by atoms with van der Waals surface area (Å²) in [4.78, 5) is 8.77. The molecule has 2 heterocycles. The smallest absolute Gasteiger partial charge is 0.166 e. The summed E-state index contributed by atoms with van der Waals surface area (Å²) >= 11 is 18.6. The van der Waals surface area contributed by atoms with E-state index in [2.05, 4.69) is 26.7 Å². The molecular weight excluding hydrogens is 574 g/mol. The third-order valence-corrected chi connectivity index (χ3v) is 7.31. The molecule has 0 unspecified atom stereocenters. The lowest BCUT2D eigenvalue weighted by Crippen LogP contribution is -2.34. The summed E-state index contributed by atoms with van der Waals surface area (Å²) in [6.45, 7) is 5.76. The molecule has 0 saturated heterocycles. The van der Waals surface area contributed by atoms with Crippen molar-refractivity contribution in [2.45, 2.75) is 32.9 Å². The number of halogens is 4. The van der Waals surface area contributed by atoms with Crippen LogP contribution in [0, 0.1) is 24.1 Å². The Hall–Kier alpha value is -3.81. The summed E-state index contributed by atoms with van der Waals surface area (Å²) in [6, 6.07) is 11.6. The molecule has 0 radical (unpaired) electrons. The minimum Gasteiger partial charge on any atom is -0.399 e. The Morgan fingerprint density at radius 3 is 2.58 bits per heavy atom.